The largest absolute Gasteiger partial charge is 0.527 e. The summed E-state index contributed by atoms with van der Waals surface area (Å²) in [6.07, 6.45) is 1.57. The molecule has 4 fully saturated rings. The average Bonchev–Trinajstić information content (AvgIpc) is 3.00. The van der Waals surface area contributed by atoms with Gasteiger partial charge in [-0.2, -0.15) is 17.6 Å². The molecular formula is C36H51F9O2. The molecule has 5 aliphatic rings. The van der Waals surface area contributed by atoms with Crippen molar-refractivity contribution in [3.8, 4) is 0 Å². The summed E-state index contributed by atoms with van der Waals surface area (Å²) in [7, 11) is 0. The smallest absolute Gasteiger partial charge is 0.317 e. The Morgan fingerprint density at radius 1 is 0.638 bits per heavy atom. The first kappa shape index (κ1) is 37.0. The molecule has 11 heteroatoms. The van der Waals surface area contributed by atoms with Crippen molar-refractivity contribution in [2.75, 3.05) is 0 Å². The van der Waals surface area contributed by atoms with Crippen molar-refractivity contribution in [2.24, 2.45) is 47.3 Å². The Kier molecular flexibility index (Phi) is 12.1. The molecule has 47 heavy (non-hydrogen) atoms. The molecule has 1 atom stereocenters. The third-order valence-electron chi connectivity index (χ3n) is 12.5. The van der Waals surface area contributed by atoms with Gasteiger partial charge < -0.3 is 4.74 Å². The van der Waals surface area contributed by atoms with E-state index in [1.54, 1.807) is 0 Å². The summed E-state index contributed by atoms with van der Waals surface area (Å²) in [5.41, 5.74) is -2.05. The van der Waals surface area contributed by atoms with Crippen molar-refractivity contribution >= 4 is 0 Å². The molecule has 0 amide bonds. The van der Waals surface area contributed by atoms with Gasteiger partial charge in [-0.1, -0.05) is 32.6 Å². The lowest BCUT2D eigenvalue weighted by Gasteiger charge is -2.42. The molecule has 0 bridgehead atoms. The molecule has 0 aliphatic heterocycles. The van der Waals surface area contributed by atoms with Gasteiger partial charge in [-0.15, -0.1) is 13.2 Å². The quantitative estimate of drug-likeness (QED) is 0.213. The van der Waals surface area contributed by atoms with Crippen molar-refractivity contribution < 1.29 is 49.0 Å². The minimum atomic E-state index is -5.79. The summed E-state index contributed by atoms with van der Waals surface area (Å²) in [6, 6.07) is 0. The van der Waals surface area contributed by atoms with Crippen molar-refractivity contribution in [1.82, 2.24) is 0 Å². The highest BCUT2D eigenvalue weighted by Gasteiger charge is 2.52. The monoisotopic (exact) mass is 686 g/mol. The van der Waals surface area contributed by atoms with E-state index in [0.29, 0.717) is 30.8 Å². The minimum Gasteiger partial charge on any atom is -0.317 e. The van der Waals surface area contributed by atoms with Gasteiger partial charge in [0, 0.05) is 6.42 Å². The van der Waals surface area contributed by atoms with Crippen LogP contribution >= 0.6 is 0 Å². The molecule has 0 aromatic heterocycles. The Balaban J connectivity index is 1.03. The first-order chi connectivity index (χ1) is 22.1. The van der Waals surface area contributed by atoms with Crippen LogP contribution in [0.5, 0.6) is 0 Å². The molecule has 2 nitrogen and oxygen atoms in total. The second kappa shape index (κ2) is 15.3. The first-order valence-electron chi connectivity index (χ1n) is 18.1. The van der Waals surface area contributed by atoms with Crippen LogP contribution in [0.4, 0.5) is 39.5 Å². The zero-order chi connectivity index (χ0) is 34.0. The van der Waals surface area contributed by atoms with E-state index in [2.05, 4.69) is 11.7 Å². The van der Waals surface area contributed by atoms with Gasteiger partial charge in [0.15, 0.2) is 0 Å². The zero-order valence-corrected chi connectivity index (χ0v) is 27.4. The standard InChI is InChI=1S/C36H51F9O2/c1-2-3-22-4-6-23(7-5-22)24-8-10-25(11-9-24)26-12-16-29(17-13-26)34(39,40)46-30-18-14-27(15-19-30)28-20-31(37)33(32(38)21-28)35(41,42)47-36(43,44)45/h20,22-30H,2-19,21H2,1H3/t22?,23?,24?,25?,26?,27?,28-,29?,30?/m0/s1. The third-order valence-corrected chi connectivity index (χ3v) is 12.5. The van der Waals surface area contributed by atoms with E-state index in [4.69, 9.17) is 4.74 Å². The van der Waals surface area contributed by atoms with Crippen molar-refractivity contribution in [3.05, 3.63) is 23.3 Å². The molecule has 0 N–H and O–H groups in total. The molecule has 5 aliphatic carbocycles. The van der Waals surface area contributed by atoms with Crippen LogP contribution in [0.2, 0.25) is 0 Å². The Bertz CT molecular complexity index is 1070. The highest BCUT2D eigenvalue weighted by Crippen LogP contribution is 2.50. The molecule has 0 radical (unpaired) electrons. The highest BCUT2D eigenvalue weighted by molar-refractivity contribution is 5.37. The number of ether oxygens (including phenoxy) is 2. The summed E-state index contributed by atoms with van der Waals surface area (Å²) in [6.45, 7) is 2.27. The maximum atomic E-state index is 15.3. The van der Waals surface area contributed by atoms with Crippen LogP contribution in [0.25, 0.3) is 0 Å². The number of hydrogen-bond acceptors (Lipinski definition) is 2. The summed E-state index contributed by atoms with van der Waals surface area (Å²) in [4.78, 5) is 0. The lowest BCUT2D eigenvalue weighted by Crippen LogP contribution is -2.40. The van der Waals surface area contributed by atoms with E-state index in [1.807, 2.05) is 0 Å². The van der Waals surface area contributed by atoms with Gasteiger partial charge in [0.2, 0.25) is 0 Å². The lowest BCUT2D eigenvalue weighted by atomic mass is 9.65. The molecule has 0 aromatic rings. The van der Waals surface area contributed by atoms with E-state index in [-0.39, 0.29) is 25.7 Å². The normalized spacial score (nSPS) is 36.7. The van der Waals surface area contributed by atoms with Crippen molar-refractivity contribution in [1.29, 1.82) is 0 Å². The molecule has 4 saturated carbocycles. The molecule has 0 spiro atoms. The predicted molar refractivity (Wildman–Crippen MR) is 161 cm³/mol. The van der Waals surface area contributed by atoms with Crippen LogP contribution < -0.4 is 0 Å². The van der Waals surface area contributed by atoms with E-state index in [9.17, 15) is 30.7 Å². The van der Waals surface area contributed by atoms with Crippen LogP contribution in [0, 0.1) is 47.3 Å². The van der Waals surface area contributed by atoms with Gasteiger partial charge in [-0.25, -0.2) is 13.5 Å². The molecule has 270 valence electrons. The second-order valence-electron chi connectivity index (χ2n) is 15.3. The van der Waals surface area contributed by atoms with Crippen LogP contribution in [0.1, 0.15) is 129 Å². The summed E-state index contributed by atoms with van der Waals surface area (Å²) in [5.74, 6) is -1.88. The maximum Gasteiger partial charge on any atom is 0.527 e. The van der Waals surface area contributed by atoms with Gasteiger partial charge in [0.25, 0.3) is 0 Å². The van der Waals surface area contributed by atoms with Gasteiger partial charge in [0.1, 0.15) is 17.2 Å². The SMILES string of the molecule is CCCC1CCC(C2CCC(C3CCC(C(F)(F)OC4CCC([C@H]5C=C(F)C(C(F)(F)OC(F)(F)F)=C(F)C5)CC4)CC3)CC2)CC1. The van der Waals surface area contributed by atoms with E-state index >= 15 is 8.78 Å². The minimum absolute atomic E-state index is 0.219. The second-order valence-corrected chi connectivity index (χ2v) is 15.3. The summed E-state index contributed by atoms with van der Waals surface area (Å²) < 4.78 is 132. The number of rotatable bonds is 10. The average molecular weight is 687 g/mol. The van der Waals surface area contributed by atoms with Crippen molar-refractivity contribution in [2.45, 2.75) is 154 Å². The highest BCUT2D eigenvalue weighted by atomic mass is 19.4. The van der Waals surface area contributed by atoms with E-state index in [1.165, 1.54) is 64.2 Å². The van der Waals surface area contributed by atoms with E-state index < -0.39 is 66.1 Å². The van der Waals surface area contributed by atoms with Gasteiger partial charge >= 0.3 is 18.6 Å². The van der Waals surface area contributed by atoms with Gasteiger partial charge in [-0.3, -0.25) is 0 Å². The molecule has 0 heterocycles. The number of allylic oxidation sites excluding steroid dienone is 2. The Labute approximate surface area is 273 Å². The predicted octanol–water partition coefficient (Wildman–Crippen LogP) is 12.6. The Morgan fingerprint density at radius 2 is 1.11 bits per heavy atom. The third kappa shape index (κ3) is 9.52. The first-order valence-corrected chi connectivity index (χ1v) is 18.1. The van der Waals surface area contributed by atoms with Crippen LogP contribution in [-0.2, 0) is 9.47 Å². The lowest BCUT2D eigenvalue weighted by molar-refractivity contribution is -0.412. The molecule has 0 aromatic carbocycles. The van der Waals surface area contributed by atoms with Crippen LogP contribution in [0.15, 0.2) is 23.3 Å². The fourth-order valence-corrected chi connectivity index (χ4v) is 9.89. The van der Waals surface area contributed by atoms with Crippen LogP contribution in [-0.4, -0.2) is 24.7 Å². The van der Waals surface area contributed by atoms with Crippen LogP contribution in [0.3, 0.4) is 0 Å². The Morgan fingerprint density at radius 3 is 1.57 bits per heavy atom. The summed E-state index contributed by atoms with van der Waals surface area (Å²) in [5, 5.41) is 0. The zero-order valence-electron chi connectivity index (χ0n) is 27.4. The topological polar surface area (TPSA) is 18.5 Å². The number of hydrogen-bond donors (Lipinski definition) is 0. The maximum absolute atomic E-state index is 15.3. The van der Waals surface area contributed by atoms with Crippen molar-refractivity contribution in [3.63, 3.8) is 0 Å². The van der Waals surface area contributed by atoms with E-state index in [0.717, 1.165) is 30.6 Å². The fraction of sp³-hybridized carbons (Fsp3) is 0.889. The fourth-order valence-electron chi connectivity index (χ4n) is 9.89. The molecular weight excluding hydrogens is 635 g/mol. The summed E-state index contributed by atoms with van der Waals surface area (Å²) >= 11 is 0. The molecule has 5 rings (SSSR count). The van der Waals surface area contributed by atoms with Gasteiger partial charge in [-0.05, 0) is 137 Å². The molecule has 0 saturated heterocycles. The Hall–Kier alpha value is -1.23. The molecule has 0 unspecified atom stereocenters. The van der Waals surface area contributed by atoms with Gasteiger partial charge in [0.05, 0.1) is 12.0 Å². The number of halogens is 9. The number of alkyl halides is 7.